The number of ether oxygens (including phenoxy) is 7. The first-order valence-electron chi connectivity index (χ1n) is 13.1. The van der Waals surface area contributed by atoms with E-state index in [-0.39, 0.29) is 19.6 Å². The van der Waals surface area contributed by atoms with Crippen LogP contribution in [0.3, 0.4) is 0 Å². The fourth-order valence-electron chi connectivity index (χ4n) is 4.98. The first-order valence-corrected chi connectivity index (χ1v) is 13.1. The molecule has 6 atom stereocenters. The molecule has 3 aliphatic heterocycles. The molecule has 2 aromatic rings. The second-order valence-electron chi connectivity index (χ2n) is 10.8. The lowest BCUT2D eigenvalue weighted by Crippen LogP contribution is -2.50. The van der Waals surface area contributed by atoms with Crippen LogP contribution in [0.5, 0.6) is 0 Å². The Balaban J connectivity index is 1.31. The van der Waals surface area contributed by atoms with Crippen molar-refractivity contribution in [2.24, 2.45) is 0 Å². The first-order chi connectivity index (χ1) is 18.6. The third-order valence-electron chi connectivity index (χ3n) is 6.75. The smallest absolute Gasteiger partial charge is 0.408 e. The fraction of sp³-hybridized carbons (Fsp3) is 0.517. The monoisotopic (exact) mass is 541 g/mol. The predicted octanol–water partition coefficient (Wildman–Crippen LogP) is 3.46. The molecule has 10 heteroatoms. The van der Waals surface area contributed by atoms with E-state index in [1.165, 1.54) is 0 Å². The third-order valence-corrected chi connectivity index (χ3v) is 6.75. The molecule has 210 valence electrons. The van der Waals surface area contributed by atoms with E-state index < -0.39 is 60.4 Å². The van der Waals surface area contributed by atoms with Gasteiger partial charge < -0.3 is 38.5 Å². The largest absolute Gasteiger partial charge is 0.455 e. The zero-order valence-electron chi connectivity index (χ0n) is 22.5. The molecule has 0 spiro atoms. The number of amides is 1. The van der Waals surface area contributed by atoms with E-state index in [1.54, 1.807) is 27.7 Å². The molecule has 0 saturated carbocycles. The van der Waals surface area contributed by atoms with E-state index in [4.69, 9.17) is 33.2 Å². The van der Waals surface area contributed by atoms with Gasteiger partial charge in [-0.2, -0.15) is 0 Å². The van der Waals surface area contributed by atoms with Crippen LogP contribution >= 0.6 is 0 Å². The van der Waals surface area contributed by atoms with Gasteiger partial charge in [0.25, 0.3) is 0 Å². The van der Waals surface area contributed by atoms with Gasteiger partial charge in [-0.15, -0.1) is 0 Å². The fourth-order valence-corrected chi connectivity index (χ4v) is 4.98. The summed E-state index contributed by atoms with van der Waals surface area (Å²) in [5.41, 5.74) is 1.67. The zero-order valence-corrected chi connectivity index (χ0v) is 22.5. The van der Waals surface area contributed by atoms with Crippen molar-refractivity contribution in [1.82, 2.24) is 5.32 Å². The third kappa shape index (κ3) is 6.77. The van der Waals surface area contributed by atoms with Gasteiger partial charge in [-0.05, 0) is 38.8 Å². The normalized spacial score (nSPS) is 29.4. The molecular weight excluding hydrogens is 506 g/mol. The van der Waals surface area contributed by atoms with E-state index in [9.17, 15) is 9.59 Å². The molecule has 3 aliphatic rings. The molecular formula is C29H35NO9. The maximum absolute atomic E-state index is 13.6. The summed E-state index contributed by atoms with van der Waals surface area (Å²) in [6, 6.07) is 17.6. The average molecular weight is 542 g/mol. The van der Waals surface area contributed by atoms with Crippen LogP contribution in [0, 0.1) is 0 Å². The number of nitrogens with one attached hydrogen (secondary N) is 1. The van der Waals surface area contributed by atoms with Gasteiger partial charge in [0.15, 0.2) is 30.1 Å². The number of alkyl carbamates (subject to hydrolysis) is 1. The van der Waals surface area contributed by atoms with Crippen LogP contribution in [-0.4, -0.2) is 67.0 Å². The highest BCUT2D eigenvalue weighted by Gasteiger charge is 2.60. The lowest BCUT2D eigenvalue weighted by molar-refractivity contribution is -0.235. The predicted molar refractivity (Wildman–Crippen MR) is 137 cm³/mol. The van der Waals surface area contributed by atoms with Crippen molar-refractivity contribution >= 4 is 12.1 Å². The highest BCUT2D eigenvalue weighted by Crippen LogP contribution is 2.42. The number of fused-ring (bicyclic) bond motifs is 1. The summed E-state index contributed by atoms with van der Waals surface area (Å²) in [4.78, 5) is 26.4. The van der Waals surface area contributed by atoms with Gasteiger partial charge in [0.1, 0.15) is 24.9 Å². The summed E-state index contributed by atoms with van der Waals surface area (Å²) in [5, 5.41) is 2.68. The van der Waals surface area contributed by atoms with Crippen molar-refractivity contribution in [1.29, 1.82) is 0 Å². The van der Waals surface area contributed by atoms with Gasteiger partial charge in [0, 0.05) is 6.42 Å². The molecule has 5 rings (SSSR count). The van der Waals surface area contributed by atoms with Crippen molar-refractivity contribution in [3.05, 3.63) is 71.8 Å². The lowest BCUT2D eigenvalue weighted by Gasteiger charge is -2.30. The van der Waals surface area contributed by atoms with Gasteiger partial charge in [-0.25, -0.2) is 9.59 Å². The van der Waals surface area contributed by atoms with Crippen LogP contribution in [0.25, 0.3) is 0 Å². The topological polar surface area (TPSA) is 111 Å². The number of carbonyl (C=O) groups excluding carboxylic acids is 2. The number of hydrogen-bond acceptors (Lipinski definition) is 9. The number of rotatable bonds is 8. The highest BCUT2D eigenvalue weighted by atomic mass is 16.8. The Morgan fingerprint density at radius 2 is 1.56 bits per heavy atom. The standard InChI is InChI=1S/C29H35NO9/c1-28(2)34-17-21(37-28)22-23(24-26(36-22)39-29(3,4)38-24)35-25(31)20(15-18-11-7-5-8-12-18)30-27(32)33-16-19-13-9-6-10-14-19/h5-14,20-24,26H,15-17H2,1-4H3,(H,30,32)/t20-,21+,22-,23+,24+,26+/m1/s1. The summed E-state index contributed by atoms with van der Waals surface area (Å²) in [5.74, 6) is -2.37. The van der Waals surface area contributed by atoms with Crippen LogP contribution in [0.2, 0.25) is 0 Å². The second-order valence-corrected chi connectivity index (χ2v) is 10.8. The van der Waals surface area contributed by atoms with E-state index in [0.717, 1.165) is 11.1 Å². The Labute approximate surface area is 227 Å². The molecule has 0 aliphatic carbocycles. The molecule has 39 heavy (non-hydrogen) atoms. The number of esters is 1. The molecule has 2 aromatic carbocycles. The van der Waals surface area contributed by atoms with E-state index >= 15 is 0 Å². The Morgan fingerprint density at radius 3 is 2.21 bits per heavy atom. The van der Waals surface area contributed by atoms with Crippen LogP contribution in [0.4, 0.5) is 4.79 Å². The van der Waals surface area contributed by atoms with Crippen molar-refractivity contribution in [3.63, 3.8) is 0 Å². The number of carbonyl (C=O) groups is 2. The van der Waals surface area contributed by atoms with Gasteiger partial charge in [0.2, 0.25) is 0 Å². The molecule has 3 heterocycles. The molecule has 3 saturated heterocycles. The number of hydrogen-bond donors (Lipinski definition) is 1. The SMILES string of the molecule is CC1(C)O[C@@H]2O[C@H]([C@@H]3COC(C)(C)O3)[C@H](OC(=O)[C@@H](Cc3ccccc3)NC(=O)OCc3ccccc3)[C@@H]2O1. The minimum absolute atomic E-state index is 0.0666. The summed E-state index contributed by atoms with van der Waals surface area (Å²) in [6.45, 7) is 7.47. The van der Waals surface area contributed by atoms with Crippen LogP contribution in [-0.2, 0) is 51.0 Å². The highest BCUT2D eigenvalue weighted by molar-refractivity contribution is 5.82. The van der Waals surface area contributed by atoms with Gasteiger partial charge >= 0.3 is 12.1 Å². The van der Waals surface area contributed by atoms with Crippen molar-refractivity contribution in [2.45, 2.75) is 89.0 Å². The van der Waals surface area contributed by atoms with Gasteiger partial charge in [-0.1, -0.05) is 60.7 Å². The van der Waals surface area contributed by atoms with E-state index in [2.05, 4.69) is 5.32 Å². The van der Waals surface area contributed by atoms with Crippen molar-refractivity contribution in [2.75, 3.05) is 6.61 Å². The van der Waals surface area contributed by atoms with Crippen LogP contribution in [0.15, 0.2) is 60.7 Å². The van der Waals surface area contributed by atoms with Crippen molar-refractivity contribution in [3.8, 4) is 0 Å². The zero-order chi connectivity index (χ0) is 27.6. The van der Waals surface area contributed by atoms with Crippen LogP contribution < -0.4 is 5.32 Å². The van der Waals surface area contributed by atoms with Gasteiger partial charge in [-0.3, -0.25) is 0 Å². The second kappa shape index (κ2) is 11.2. The van der Waals surface area contributed by atoms with Crippen molar-refractivity contribution < 1.29 is 42.7 Å². The summed E-state index contributed by atoms with van der Waals surface area (Å²) < 4.78 is 41.3. The summed E-state index contributed by atoms with van der Waals surface area (Å²) in [6.07, 6.45) is -4.00. The van der Waals surface area contributed by atoms with Gasteiger partial charge in [0.05, 0.1) is 6.61 Å². The molecule has 3 fully saturated rings. The maximum atomic E-state index is 13.6. The molecule has 0 unspecified atom stereocenters. The molecule has 10 nitrogen and oxygen atoms in total. The summed E-state index contributed by atoms with van der Waals surface area (Å²) >= 11 is 0. The maximum Gasteiger partial charge on any atom is 0.408 e. The van der Waals surface area contributed by atoms with E-state index in [0.29, 0.717) is 0 Å². The first kappa shape index (κ1) is 27.5. The molecule has 1 N–H and O–H groups in total. The molecule has 0 aromatic heterocycles. The molecule has 1 amide bonds. The minimum Gasteiger partial charge on any atom is -0.455 e. The number of benzene rings is 2. The Morgan fingerprint density at radius 1 is 0.897 bits per heavy atom. The Bertz CT molecular complexity index is 1140. The summed E-state index contributed by atoms with van der Waals surface area (Å²) in [7, 11) is 0. The Hall–Kier alpha value is -3.02. The molecule has 0 radical (unpaired) electrons. The minimum atomic E-state index is -1.03. The molecule has 0 bridgehead atoms. The quantitative estimate of drug-likeness (QED) is 0.502. The van der Waals surface area contributed by atoms with Crippen LogP contribution in [0.1, 0.15) is 38.8 Å². The average Bonchev–Trinajstić information content (AvgIpc) is 3.52. The lowest BCUT2D eigenvalue weighted by atomic mass is 10.0. The Kier molecular flexibility index (Phi) is 7.93. The van der Waals surface area contributed by atoms with E-state index in [1.807, 2.05) is 60.7 Å².